The van der Waals surface area contributed by atoms with Crippen molar-refractivity contribution in [3.63, 3.8) is 0 Å². The summed E-state index contributed by atoms with van der Waals surface area (Å²) < 4.78 is 30.0. The number of aryl methyl sites for hydroxylation is 2. The molecule has 108 valence electrons. The third-order valence-electron chi connectivity index (χ3n) is 3.63. The standard InChI is InChI=1S/C16H13BrF2N2/c1-9-3-14-15(4-10(9)2)21(8-20-14)16-12(18)5-11(7-17)6-13(16)19/h3-6,8H,7H2,1-2H3. The summed E-state index contributed by atoms with van der Waals surface area (Å²) >= 11 is 3.20. The van der Waals surface area contributed by atoms with Gasteiger partial charge in [-0.3, -0.25) is 4.57 Å². The van der Waals surface area contributed by atoms with Gasteiger partial charge in [-0.15, -0.1) is 0 Å². The average Bonchev–Trinajstić information content (AvgIpc) is 2.81. The van der Waals surface area contributed by atoms with Crippen molar-refractivity contribution in [1.29, 1.82) is 0 Å². The summed E-state index contributed by atoms with van der Waals surface area (Å²) in [4.78, 5) is 4.24. The van der Waals surface area contributed by atoms with Crippen molar-refractivity contribution >= 4 is 27.0 Å². The lowest BCUT2D eigenvalue weighted by Gasteiger charge is -2.10. The number of nitrogens with zero attached hydrogens (tertiary/aromatic N) is 2. The number of fused-ring (bicyclic) bond motifs is 1. The van der Waals surface area contributed by atoms with Crippen LogP contribution in [0.25, 0.3) is 16.7 Å². The molecule has 2 nitrogen and oxygen atoms in total. The summed E-state index contributed by atoms with van der Waals surface area (Å²) in [6.45, 7) is 3.95. The molecule has 0 aliphatic rings. The van der Waals surface area contributed by atoms with E-state index >= 15 is 0 Å². The first-order valence-electron chi connectivity index (χ1n) is 6.50. The fourth-order valence-electron chi connectivity index (χ4n) is 2.37. The zero-order valence-electron chi connectivity index (χ0n) is 11.6. The number of hydrogen-bond donors (Lipinski definition) is 0. The third-order valence-corrected chi connectivity index (χ3v) is 4.28. The van der Waals surface area contributed by atoms with Gasteiger partial charge in [0.05, 0.1) is 11.0 Å². The molecule has 1 aromatic heterocycles. The molecule has 2 aromatic carbocycles. The maximum absolute atomic E-state index is 14.3. The van der Waals surface area contributed by atoms with Crippen LogP contribution in [0.15, 0.2) is 30.6 Å². The minimum Gasteiger partial charge on any atom is -0.293 e. The molecule has 0 fully saturated rings. The highest BCUT2D eigenvalue weighted by Gasteiger charge is 2.16. The molecule has 21 heavy (non-hydrogen) atoms. The van der Waals surface area contributed by atoms with Gasteiger partial charge in [-0.2, -0.15) is 0 Å². The Labute approximate surface area is 129 Å². The minimum atomic E-state index is -0.595. The van der Waals surface area contributed by atoms with Gasteiger partial charge >= 0.3 is 0 Å². The molecule has 0 bridgehead atoms. The van der Waals surface area contributed by atoms with Crippen molar-refractivity contribution in [2.24, 2.45) is 0 Å². The molecule has 0 spiro atoms. The van der Waals surface area contributed by atoms with Crippen molar-refractivity contribution in [2.45, 2.75) is 19.2 Å². The van der Waals surface area contributed by atoms with Gasteiger partial charge in [0.15, 0.2) is 11.6 Å². The van der Waals surface area contributed by atoms with E-state index in [1.54, 1.807) is 0 Å². The lowest BCUT2D eigenvalue weighted by molar-refractivity contribution is 0.569. The fraction of sp³-hybridized carbons (Fsp3) is 0.188. The van der Waals surface area contributed by atoms with Crippen LogP contribution >= 0.6 is 15.9 Å². The van der Waals surface area contributed by atoms with Crippen LogP contribution in [0.1, 0.15) is 16.7 Å². The van der Waals surface area contributed by atoms with Crippen LogP contribution in [-0.2, 0) is 5.33 Å². The average molecular weight is 351 g/mol. The monoisotopic (exact) mass is 350 g/mol. The van der Waals surface area contributed by atoms with Gasteiger partial charge in [0.1, 0.15) is 12.0 Å². The molecule has 0 atom stereocenters. The SMILES string of the molecule is Cc1cc2ncn(-c3c(F)cc(CBr)cc3F)c2cc1C. The van der Waals surface area contributed by atoms with Crippen LogP contribution in [0.5, 0.6) is 0 Å². The first-order valence-corrected chi connectivity index (χ1v) is 7.62. The number of benzene rings is 2. The Morgan fingerprint density at radius 3 is 2.29 bits per heavy atom. The van der Waals surface area contributed by atoms with Gasteiger partial charge in [0.25, 0.3) is 0 Å². The Morgan fingerprint density at radius 2 is 1.67 bits per heavy atom. The predicted octanol–water partition coefficient (Wildman–Crippen LogP) is 4.82. The molecular formula is C16H13BrF2N2. The van der Waals surface area contributed by atoms with E-state index in [-0.39, 0.29) is 5.69 Å². The Morgan fingerprint density at radius 1 is 1.05 bits per heavy atom. The molecule has 0 N–H and O–H groups in total. The first-order chi connectivity index (χ1) is 10.0. The molecule has 5 heteroatoms. The number of alkyl halides is 1. The summed E-state index contributed by atoms with van der Waals surface area (Å²) in [6, 6.07) is 6.48. The number of imidazole rings is 1. The Bertz CT molecular complexity index is 817. The third kappa shape index (κ3) is 2.35. The van der Waals surface area contributed by atoms with Crippen LogP contribution in [0, 0.1) is 25.5 Å². The zero-order valence-corrected chi connectivity index (χ0v) is 13.2. The maximum Gasteiger partial charge on any atom is 0.150 e. The Hall–Kier alpha value is -1.75. The molecule has 0 amide bonds. The highest BCUT2D eigenvalue weighted by Crippen LogP contribution is 2.26. The Balaban J connectivity index is 2.28. The van der Waals surface area contributed by atoms with E-state index in [1.165, 1.54) is 23.0 Å². The first kappa shape index (κ1) is 14.2. The van der Waals surface area contributed by atoms with Gasteiger partial charge in [0.2, 0.25) is 0 Å². The topological polar surface area (TPSA) is 17.8 Å². The second-order valence-corrected chi connectivity index (χ2v) is 5.64. The van der Waals surface area contributed by atoms with E-state index in [4.69, 9.17) is 0 Å². The van der Waals surface area contributed by atoms with Gasteiger partial charge in [-0.1, -0.05) is 15.9 Å². The number of rotatable bonds is 2. The molecule has 0 aliphatic heterocycles. The molecule has 0 aliphatic carbocycles. The van der Waals surface area contributed by atoms with Crippen LogP contribution in [0.4, 0.5) is 8.78 Å². The van der Waals surface area contributed by atoms with Crippen molar-refractivity contribution in [3.8, 4) is 5.69 Å². The molecule has 3 rings (SSSR count). The molecule has 0 radical (unpaired) electrons. The van der Waals surface area contributed by atoms with Crippen molar-refractivity contribution in [3.05, 3.63) is 58.9 Å². The molecular weight excluding hydrogens is 338 g/mol. The van der Waals surface area contributed by atoms with E-state index < -0.39 is 11.6 Å². The number of hydrogen-bond acceptors (Lipinski definition) is 1. The van der Waals surface area contributed by atoms with Crippen molar-refractivity contribution < 1.29 is 8.78 Å². The van der Waals surface area contributed by atoms with Crippen LogP contribution in [-0.4, -0.2) is 9.55 Å². The predicted molar refractivity (Wildman–Crippen MR) is 83.1 cm³/mol. The zero-order chi connectivity index (χ0) is 15.1. The van der Waals surface area contributed by atoms with Crippen LogP contribution < -0.4 is 0 Å². The lowest BCUT2D eigenvalue weighted by Crippen LogP contribution is -2.02. The van der Waals surface area contributed by atoms with E-state index in [0.717, 1.165) is 16.6 Å². The molecule has 0 unspecified atom stereocenters. The highest BCUT2D eigenvalue weighted by atomic mass is 79.9. The molecule has 0 saturated carbocycles. The van der Waals surface area contributed by atoms with E-state index in [2.05, 4.69) is 20.9 Å². The quantitative estimate of drug-likeness (QED) is 0.606. The van der Waals surface area contributed by atoms with Crippen LogP contribution in [0.2, 0.25) is 0 Å². The summed E-state index contributed by atoms with van der Waals surface area (Å²) in [5.74, 6) is -1.19. The van der Waals surface area contributed by atoms with E-state index in [9.17, 15) is 8.78 Å². The largest absolute Gasteiger partial charge is 0.293 e. The fourth-order valence-corrected chi connectivity index (χ4v) is 2.69. The second kappa shape index (κ2) is 5.22. The van der Waals surface area contributed by atoms with Gasteiger partial charge < -0.3 is 0 Å². The van der Waals surface area contributed by atoms with Crippen LogP contribution in [0.3, 0.4) is 0 Å². The summed E-state index contributed by atoms with van der Waals surface area (Å²) in [6.07, 6.45) is 1.46. The normalized spacial score (nSPS) is 11.3. The summed E-state index contributed by atoms with van der Waals surface area (Å²) in [5, 5.41) is 0.407. The smallest absolute Gasteiger partial charge is 0.150 e. The number of aromatic nitrogens is 2. The molecule has 3 aromatic rings. The summed E-state index contributed by atoms with van der Waals surface area (Å²) in [5.41, 5.74) is 4.05. The lowest BCUT2D eigenvalue weighted by atomic mass is 10.1. The Kier molecular flexibility index (Phi) is 3.53. The maximum atomic E-state index is 14.3. The van der Waals surface area contributed by atoms with Gasteiger partial charge in [-0.05, 0) is 54.8 Å². The second-order valence-electron chi connectivity index (χ2n) is 5.08. The molecule has 0 saturated heterocycles. The summed E-state index contributed by atoms with van der Waals surface area (Å²) in [7, 11) is 0. The van der Waals surface area contributed by atoms with Gasteiger partial charge in [-0.25, -0.2) is 13.8 Å². The van der Waals surface area contributed by atoms with Crippen molar-refractivity contribution in [1.82, 2.24) is 9.55 Å². The molecule has 1 heterocycles. The minimum absolute atomic E-state index is 0.0922. The van der Waals surface area contributed by atoms with E-state index in [0.29, 0.717) is 16.4 Å². The van der Waals surface area contributed by atoms with Crippen molar-refractivity contribution in [2.75, 3.05) is 0 Å². The highest BCUT2D eigenvalue weighted by molar-refractivity contribution is 9.08. The number of halogens is 3. The van der Waals surface area contributed by atoms with E-state index in [1.807, 2.05) is 26.0 Å². The van der Waals surface area contributed by atoms with Gasteiger partial charge in [0, 0.05) is 5.33 Å².